The number of hydrogen-bond acceptors (Lipinski definition) is 3. The number of amides is 1. The Labute approximate surface area is 127 Å². The predicted molar refractivity (Wildman–Crippen MR) is 86.4 cm³/mol. The quantitative estimate of drug-likeness (QED) is 0.753. The van der Waals surface area contributed by atoms with Crippen LogP contribution in [0.15, 0.2) is 53.7 Å². The molecule has 21 heavy (non-hydrogen) atoms. The lowest BCUT2D eigenvalue weighted by atomic mass is 10.1. The van der Waals surface area contributed by atoms with Crippen LogP contribution in [0.25, 0.3) is 11.0 Å². The van der Waals surface area contributed by atoms with Crippen molar-refractivity contribution in [2.75, 3.05) is 11.7 Å². The maximum Gasteiger partial charge on any atom is 0.270 e. The van der Waals surface area contributed by atoms with Crippen LogP contribution in [0.1, 0.15) is 15.9 Å². The number of fused-ring (bicyclic) bond motifs is 1. The normalized spacial score (nSPS) is 10.8. The maximum absolute atomic E-state index is 12.5. The third-order valence-electron chi connectivity index (χ3n) is 3.36. The average Bonchev–Trinajstić information content (AvgIpc) is 2.91. The molecule has 3 aromatic rings. The summed E-state index contributed by atoms with van der Waals surface area (Å²) >= 11 is 1.62. The Morgan fingerprint density at radius 2 is 2.05 bits per heavy atom. The van der Waals surface area contributed by atoms with Crippen molar-refractivity contribution in [3.63, 3.8) is 0 Å². The first kappa shape index (κ1) is 13.7. The number of carbonyl (C=O) groups is 1. The van der Waals surface area contributed by atoms with E-state index in [9.17, 15) is 4.79 Å². The number of nitrogens with one attached hydrogen (secondary N) is 1. The van der Waals surface area contributed by atoms with Gasteiger partial charge in [0.15, 0.2) is 0 Å². The largest absolute Gasteiger partial charge is 0.270 e. The second-order valence-corrected chi connectivity index (χ2v) is 5.60. The van der Waals surface area contributed by atoms with E-state index in [1.165, 1.54) is 0 Å². The zero-order valence-corrected chi connectivity index (χ0v) is 12.6. The maximum atomic E-state index is 12.5. The molecule has 1 amide bonds. The monoisotopic (exact) mass is 297 g/mol. The minimum absolute atomic E-state index is 0.133. The lowest BCUT2D eigenvalue weighted by molar-refractivity contribution is 0.101. The minimum atomic E-state index is -0.133. The van der Waals surface area contributed by atoms with Gasteiger partial charge >= 0.3 is 0 Å². The fraction of sp³-hybridized carbons (Fsp3) is 0.125. The Morgan fingerprint density at radius 1 is 1.24 bits per heavy atom. The number of hydrogen-bond donors (Lipinski definition) is 1. The van der Waals surface area contributed by atoms with Gasteiger partial charge in [-0.15, -0.1) is 11.8 Å². The molecule has 0 unspecified atom stereocenters. The number of aromatic nitrogens is 2. The van der Waals surface area contributed by atoms with E-state index in [1.807, 2.05) is 55.6 Å². The molecule has 0 fully saturated rings. The molecule has 106 valence electrons. The smallest absolute Gasteiger partial charge is 0.267 e. The lowest BCUT2D eigenvalue weighted by Crippen LogP contribution is -2.22. The molecule has 4 nitrogen and oxygen atoms in total. The highest BCUT2D eigenvalue weighted by Crippen LogP contribution is 2.19. The van der Waals surface area contributed by atoms with E-state index >= 15 is 0 Å². The molecule has 0 aliphatic rings. The van der Waals surface area contributed by atoms with E-state index in [-0.39, 0.29) is 5.91 Å². The van der Waals surface area contributed by atoms with Crippen molar-refractivity contribution < 1.29 is 4.79 Å². The first-order chi connectivity index (χ1) is 10.2. The van der Waals surface area contributed by atoms with E-state index in [0.29, 0.717) is 5.56 Å². The van der Waals surface area contributed by atoms with Crippen LogP contribution in [-0.2, 0) is 0 Å². The summed E-state index contributed by atoms with van der Waals surface area (Å²) < 4.78 is 1.66. The molecule has 0 atom stereocenters. The van der Waals surface area contributed by atoms with E-state index in [2.05, 4.69) is 10.4 Å². The Balaban J connectivity index is 1.93. The Morgan fingerprint density at radius 3 is 2.86 bits per heavy atom. The fourth-order valence-corrected chi connectivity index (χ4v) is 2.63. The SMILES string of the molecule is CSc1ccc(C)c(C(=O)Nn2cnc3ccccc32)c1. The summed E-state index contributed by atoms with van der Waals surface area (Å²) in [4.78, 5) is 17.8. The molecular formula is C16H15N3OS. The van der Waals surface area contributed by atoms with Gasteiger partial charge < -0.3 is 0 Å². The zero-order chi connectivity index (χ0) is 14.8. The van der Waals surface area contributed by atoms with Crippen molar-refractivity contribution in [1.29, 1.82) is 0 Å². The number of rotatable bonds is 3. The Hall–Kier alpha value is -2.27. The summed E-state index contributed by atoms with van der Waals surface area (Å²) in [6.07, 6.45) is 3.62. The highest BCUT2D eigenvalue weighted by Gasteiger charge is 2.11. The van der Waals surface area contributed by atoms with Gasteiger partial charge in [0, 0.05) is 10.5 Å². The Bertz CT molecular complexity index is 810. The van der Waals surface area contributed by atoms with E-state index in [0.717, 1.165) is 21.5 Å². The molecule has 1 aromatic heterocycles. The van der Waals surface area contributed by atoms with Gasteiger partial charge in [0.2, 0.25) is 0 Å². The van der Waals surface area contributed by atoms with Crippen molar-refractivity contribution >= 4 is 28.7 Å². The number of carbonyl (C=O) groups excluding carboxylic acids is 1. The van der Waals surface area contributed by atoms with Crippen LogP contribution in [0.4, 0.5) is 0 Å². The van der Waals surface area contributed by atoms with Gasteiger partial charge in [-0.3, -0.25) is 10.2 Å². The molecule has 0 spiro atoms. The van der Waals surface area contributed by atoms with Gasteiger partial charge in [-0.2, -0.15) is 0 Å². The van der Waals surface area contributed by atoms with E-state index in [1.54, 1.807) is 22.8 Å². The minimum Gasteiger partial charge on any atom is -0.267 e. The van der Waals surface area contributed by atoms with Crippen molar-refractivity contribution in [1.82, 2.24) is 9.66 Å². The van der Waals surface area contributed by atoms with E-state index < -0.39 is 0 Å². The number of nitrogens with zero attached hydrogens (tertiary/aromatic N) is 2. The molecule has 2 aromatic carbocycles. The van der Waals surface area contributed by atoms with Gasteiger partial charge in [-0.25, -0.2) is 9.66 Å². The molecule has 5 heteroatoms. The van der Waals surface area contributed by atoms with Crippen molar-refractivity contribution in [3.8, 4) is 0 Å². The Kier molecular flexibility index (Phi) is 3.66. The van der Waals surface area contributed by atoms with Gasteiger partial charge in [-0.1, -0.05) is 18.2 Å². The van der Waals surface area contributed by atoms with Gasteiger partial charge in [0.1, 0.15) is 6.33 Å². The van der Waals surface area contributed by atoms with E-state index in [4.69, 9.17) is 0 Å². The number of imidazole rings is 1. The van der Waals surface area contributed by atoms with Crippen LogP contribution in [0, 0.1) is 6.92 Å². The fourth-order valence-electron chi connectivity index (χ4n) is 2.19. The molecule has 1 N–H and O–H groups in total. The van der Waals surface area contributed by atoms with Crippen LogP contribution in [0.2, 0.25) is 0 Å². The standard InChI is InChI=1S/C16H15N3OS/c1-11-7-8-12(21-2)9-13(11)16(20)18-19-10-17-14-5-3-4-6-15(14)19/h3-10H,1-2H3,(H,18,20). The average molecular weight is 297 g/mol. The molecular weight excluding hydrogens is 282 g/mol. The predicted octanol–water partition coefficient (Wildman–Crippen LogP) is 3.45. The molecule has 1 heterocycles. The summed E-state index contributed by atoms with van der Waals surface area (Å²) in [5.74, 6) is -0.133. The highest BCUT2D eigenvalue weighted by molar-refractivity contribution is 7.98. The van der Waals surface area contributed by atoms with Gasteiger partial charge in [0.05, 0.1) is 11.0 Å². The van der Waals surface area contributed by atoms with Crippen molar-refractivity contribution in [3.05, 3.63) is 59.9 Å². The summed E-state index contributed by atoms with van der Waals surface area (Å²) in [7, 11) is 0. The second kappa shape index (κ2) is 5.61. The lowest BCUT2D eigenvalue weighted by Gasteiger charge is -2.10. The topological polar surface area (TPSA) is 46.9 Å². The summed E-state index contributed by atoms with van der Waals surface area (Å²) in [6, 6.07) is 13.6. The number of para-hydroxylation sites is 2. The first-order valence-corrected chi connectivity index (χ1v) is 7.79. The molecule has 0 radical (unpaired) electrons. The van der Waals surface area contributed by atoms with Crippen LogP contribution in [-0.4, -0.2) is 21.8 Å². The third-order valence-corrected chi connectivity index (χ3v) is 4.09. The van der Waals surface area contributed by atoms with Crippen LogP contribution < -0.4 is 5.43 Å². The van der Waals surface area contributed by atoms with Crippen molar-refractivity contribution in [2.45, 2.75) is 11.8 Å². The van der Waals surface area contributed by atoms with Gasteiger partial charge in [0.25, 0.3) is 5.91 Å². The highest BCUT2D eigenvalue weighted by atomic mass is 32.2. The van der Waals surface area contributed by atoms with Gasteiger partial charge in [-0.05, 0) is 43.0 Å². The zero-order valence-electron chi connectivity index (χ0n) is 11.8. The number of aryl methyl sites for hydroxylation is 1. The number of benzene rings is 2. The summed E-state index contributed by atoms with van der Waals surface area (Å²) in [6.45, 7) is 1.94. The van der Waals surface area contributed by atoms with Crippen LogP contribution in [0.3, 0.4) is 0 Å². The second-order valence-electron chi connectivity index (χ2n) is 4.73. The molecule has 0 saturated carbocycles. The molecule has 0 aliphatic carbocycles. The number of thioether (sulfide) groups is 1. The summed E-state index contributed by atoms with van der Waals surface area (Å²) in [5, 5.41) is 0. The van der Waals surface area contributed by atoms with Crippen molar-refractivity contribution in [2.24, 2.45) is 0 Å². The summed E-state index contributed by atoms with van der Waals surface area (Å²) in [5.41, 5.74) is 6.25. The molecule has 0 bridgehead atoms. The molecule has 0 saturated heterocycles. The van der Waals surface area contributed by atoms with Crippen LogP contribution >= 0.6 is 11.8 Å². The third kappa shape index (κ3) is 2.64. The first-order valence-electron chi connectivity index (χ1n) is 6.57. The molecule has 0 aliphatic heterocycles. The molecule has 3 rings (SSSR count). The van der Waals surface area contributed by atoms with Crippen LogP contribution in [0.5, 0.6) is 0 Å².